The van der Waals surface area contributed by atoms with E-state index < -0.39 is 20.6 Å². The number of nitrogens with zero attached hydrogens (tertiary/aromatic N) is 2. The zero-order valence-corrected chi connectivity index (χ0v) is 11.8. The molecule has 0 radical (unpaired) electrons. The number of nitro groups is 1. The zero-order chi connectivity index (χ0) is 14.8. The van der Waals surface area contributed by atoms with Gasteiger partial charge in [0.1, 0.15) is 0 Å². The maximum Gasteiger partial charge on any atom is 0.289 e. The molecule has 0 fully saturated rings. The van der Waals surface area contributed by atoms with Crippen LogP contribution in [0.2, 0.25) is 0 Å². The van der Waals surface area contributed by atoms with Crippen LogP contribution in [0.4, 0.5) is 11.4 Å². The van der Waals surface area contributed by atoms with Crippen molar-refractivity contribution in [3.05, 3.63) is 28.3 Å². The van der Waals surface area contributed by atoms with E-state index in [1.54, 1.807) is 0 Å². The van der Waals surface area contributed by atoms with Gasteiger partial charge in [0.05, 0.1) is 4.92 Å². The number of rotatable bonds is 5. The molecule has 1 rings (SSSR count). The van der Waals surface area contributed by atoms with E-state index in [9.17, 15) is 18.5 Å². The highest BCUT2D eigenvalue weighted by molar-refractivity contribution is 7.89. The lowest BCUT2D eigenvalue weighted by molar-refractivity contribution is -0.387. The predicted molar refractivity (Wildman–Crippen MR) is 72.2 cm³/mol. The van der Waals surface area contributed by atoms with E-state index in [0.29, 0.717) is 0 Å². The van der Waals surface area contributed by atoms with Gasteiger partial charge >= 0.3 is 0 Å². The molecule has 0 unspecified atom stereocenters. The Morgan fingerprint density at radius 2 is 2.00 bits per heavy atom. The standard InChI is InChI=1S/C11H17N3O4S/c1-8(2)7-13(3)19(17,18)11-6-9(12)4-5-10(11)14(15)16/h4-6,8H,7,12H2,1-3H3. The number of anilines is 1. The van der Waals surface area contributed by atoms with E-state index in [1.807, 2.05) is 13.8 Å². The van der Waals surface area contributed by atoms with E-state index in [-0.39, 0.29) is 23.0 Å². The molecular weight excluding hydrogens is 270 g/mol. The van der Waals surface area contributed by atoms with Crippen LogP contribution in [0.25, 0.3) is 0 Å². The minimum Gasteiger partial charge on any atom is -0.399 e. The second-order valence-corrected chi connectivity index (χ2v) is 6.68. The van der Waals surface area contributed by atoms with Gasteiger partial charge < -0.3 is 5.73 Å². The molecule has 0 aromatic heterocycles. The van der Waals surface area contributed by atoms with Crippen LogP contribution in [-0.4, -0.2) is 31.2 Å². The summed E-state index contributed by atoms with van der Waals surface area (Å²) in [5.41, 5.74) is 5.22. The Hall–Kier alpha value is -1.67. The van der Waals surface area contributed by atoms with Gasteiger partial charge in [-0.3, -0.25) is 10.1 Å². The van der Waals surface area contributed by atoms with E-state index in [2.05, 4.69) is 0 Å². The maximum atomic E-state index is 12.3. The number of benzene rings is 1. The molecule has 8 heteroatoms. The Morgan fingerprint density at radius 3 is 2.47 bits per heavy atom. The molecule has 0 saturated carbocycles. The molecule has 0 saturated heterocycles. The number of hydrogen-bond acceptors (Lipinski definition) is 5. The topological polar surface area (TPSA) is 107 Å². The fourth-order valence-corrected chi connectivity index (χ4v) is 3.19. The lowest BCUT2D eigenvalue weighted by Crippen LogP contribution is -2.30. The van der Waals surface area contributed by atoms with Gasteiger partial charge in [0, 0.05) is 25.3 Å². The fraction of sp³-hybridized carbons (Fsp3) is 0.455. The van der Waals surface area contributed by atoms with Gasteiger partial charge in [0.2, 0.25) is 10.0 Å². The number of sulfonamides is 1. The Bertz CT molecular complexity index is 584. The van der Waals surface area contributed by atoms with Crippen LogP contribution < -0.4 is 5.73 Å². The van der Waals surface area contributed by atoms with Crippen molar-refractivity contribution >= 4 is 21.4 Å². The van der Waals surface area contributed by atoms with Crippen LogP contribution in [0.1, 0.15) is 13.8 Å². The minimum atomic E-state index is -3.92. The first-order valence-corrected chi connectivity index (χ1v) is 7.10. The summed E-state index contributed by atoms with van der Waals surface area (Å²) in [5, 5.41) is 10.9. The first-order chi connectivity index (χ1) is 8.66. The van der Waals surface area contributed by atoms with Gasteiger partial charge in [-0.1, -0.05) is 13.8 Å². The van der Waals surface area contributed by atoms with E-state index in [1.165, 1.54) is 13.1 Å². The normalized spacial score (nSPS) is 12.1. The van der Waals surface area contributed by atoms with Crippen molar-refractivity contribution in [3.8, 4) is 0 Å². The lowest BCUT2D eigenvalue weighted by atomic mass is 10.2. The Labute approximate surface area is 112 Å². The Balaban J connectivity index is 3.35. The molecule has 1 aromatic carbocycles. The van der Waals surface area contributed by atoms with E-state index in [4.69, 9.17) is 5.73 Å². The highest BCUT2D eigenvalue weighted by Gasteiger charge is 2.29. The SMILES string of the molecule is CC(C)CN(C)S(=O)(=O)c1cc(N)ccc1[N+](=O)[O-]. The third-order valence-electron chi connectivity index (χ3n) is 2.49. The van der Waals surface area contributed by atoms with Crippen molar-refractivity contribution in [1.29, 1.82) is 0 Å². The summed E-state index contributed by atoms with van der Waals surface area (Å²) in [6, 6.07) is 3.52. The van der Waals surface area contributed by atoms with Gasteiger partial charge in [-0.05, 0) is 18.1 Å². The minimum absolute atomic E-state index is 0.111. The number of nitrogens with two attached hydrogens (primary N) is 1. The number of nitro benzene ring substituents is 1. The van der Waals surface area contributed by atoms with Crippen LogP contribution in [0.15, 0.2) is 23.1 Å². The number of hydrogen-bond donors (Lipinski definition) is 1. The molecular formula is C11H17N3O4S. The molecule has 0 amide bonds. The van der Waals surface area contributed by atoms with Gasteiger partial charge in [-0.25, -0.2) is 12.7 Å². The Morgan fingerprint density at radius 1 is 1.42 bits per heavy atom. The molecule has 1 aromatic rings. The van der Waals surface area contributed by atoms with Gasteiger partial charge in [-0.2, -0.15) is 0 Å². The molecule has 2 N–H and O–H groups in total. The molecule has 0 heterocycles. The lowest BCUT2D eigenvalue weighted by Gasteiger charge is -2.19. The summed E-state index contributed by atoms with van der Waals surface area (Å²) in [4.78, 5) is 9.81. The fourth-order valence-electron chi connectivity index (χ4n) is 1.67. The summed E-state index contributed by atoms with van der Waals surface area (Å²) < 4.78 is 25.7. The van der Waals surface area contributed by atoms with Gasteiger partial charge in [-0.15, -0.1) is 0 Å². The third-order valence-corrected chi connectivity index (χ3v) is 4.34. The van der Waals surface area contributed by atoms with Crippen LogP contribution >= 0.6 is 0 Å². The summed E-state index contributed by atoms with van der Waals surface area (Å²) in [5.74, 6) is 0.111. The molecule has 0 spiro atoms. The molecule has 0 aliphatic heterocycles. The quantitative estimate of drug-likeness (QED) is 0.501. The maximum absolute atomic E-state index is 12.3. The van der Waals surface area contributed by atoms with Crippen molar-refractivity contribution in [1.82, 2.24) is 4.31 Å². The van der Waals surface area contributed by atoms with Crippen LogP contribution in [-0.2, 0) is 10.0 Å². The van der Waals surface area contributed by atoms with Crippen LogP contribution in [0.5, 0.6) is 0 Å². The molecule has 19 heavy (non-hydrogen) atoms. The highest BCUT2D eigenvalue weighted by Crippen LogP contribution is 2.28. The van der Waals surface area contributed by atoms with Gasteiger partial charge in [0.25, 0.3) is 5.69 Å². The van der Waals surface area contributed by atoms with E-state index in [0.717, 1.165) is 16.4 Å². The molecule has 0 aliphatic rings. The number of nitrogen functional groups attached to an aromatic ring is 1. The Kier molecular flexibility index (Phi) is 4.48. The van der Waals surface area contributed by atoms with Crippen molar-refractivity contribution in [2.45, 2.75) is 18.7 Å². The monoisotopic (exact) mass is 287 g/mol. The molecule has 106 valence electrons. The summed E-state index contributed by atoms with van der Waals surface area (Å²) in [7, 11) is -2.53. The largest absolute Gasteiger partial charge is 0.399 e. The van der Waals surface area contributed by atoms with Crippen molar-refractivity contribution in [2.75, 3.05) is 19.3 Å². The van der Waals surface area contributed by atoms with Crippen molar-refractivity contribution < 1.29 is 13.3 Å². The first kappa shape index (κ1) is 15.4. The van der Waals surface area contributed by atoms with Crippen LogP contribution in [0.3, 0.4) is 0 Å². The van der Waals surface area contributed by atoms with Crippen molar-refractivity contribution in [3.63, 3.8) is 0 Å². The van der Waals surface area contributed by atoms with Crippen LogP contribution in [0, 0.1) is 16.0 Å². The third kappa shape index (κ3) is 3.42. The van der Waals surface area contributed by atoms with Crippen molar-refractivity contribution in [2.24, 2.45) is 5.92 Å². The average molecular weight is 287 g/mol. The zero-order valence-electron chi connectivity index (χ0n) is 11.0. The molecule has 0 bridgehead atoms. The summed E-state index contributed by atoms with van der Waals surface area (Å²) in [6.45, 7) is 3.99. The molecule has 0 atom stereocenters. The van der Waals surface area contributed by atoms with E-state index >= 15 is 0 Å². The highest BCUT2D eigenvalue weighted by atomic mass is 32.2. The summed E-state index contributed by atoms with van der Waals surface area (Å²) >= 11 is 0. The second kappa shape index (κ2) is 5.54. The molecule has 0 aliphatic carbocycles. The average Bonchev–Trinajstić information content (AvgIpc) is 2.27. The first-order valence-electron chi connectivity index (χ1n) is 5.66. The summed E-state index contributed by atoms with van der Waals surface area (Å²) in [6.07, 6.45) is 0. The predicted octanol–water partition coefficient (Wildman–Crippen LogP) is 1.45. The van der Waals surface area contributed by atoms with Gasteiger partial charge in [0.15, 0.2) is 4.90 Å². The second-order valence-electron chi connectivity index (χ2n) is 4.66. The smallest absolute Gasteiger partial charge is 0.289 e. The molecule has 7 nitrogen and oxygen atoms in total.